The van der Waals surface area contributed by atoms with Crippen LogP contribution in [0, 0.1) is 0 Å². The molecule has 1 N–H and O–H groups in total. The molecule has 0 spiro atoms. The molecule has 33 heavy (non-hydrogen) atoms. The van der Waals surface area contributed by atoms with Crippen molar-refractivity contribution in [3.63, 3.8) is 0 Å². The van der Waals surface area contributed by atoms with E-state index in [-0.39, 0.29) is 45.1 Å². The van der Waals surface area contributed by atoms with Gasteiger partial charge in [0.05, 0.1) is 27.6 Å². The highest BCUT2D eigenvalue weighted by molar-refractivity contribution is 7.91. The molecule has 0 radical (unpaired) electrons. The Bertz CT molecular complexity index is 1340. The lowest BCUT2D eigenvalue weighted by molar-refractivity contribution is 0.0936. The van der Waals surface area contributed by atoms with E-state index in [1.165, 1.54) is 35.2 Å². The number of amides is 2. The van der Waals surface area contributed by atoms with Crippen LogP contribution in [-0.2, 0) is 16.4 Å². The quantitative estimate of drug-likeness (QED) is 0.562. The lowest BCUT2D eigenvalue weighted by Crippen LogP contribution is -2.33. The Kier molecular flexibility index (Phi) is 6.28. The molecule has 1 unspecified atom stereocenters. The van der Waals surface area contributed by atoms with E-state index in [1.807, 2.05) is 13.8 Å². The highest BCUT2D eigenvalue weighted by Gasteiger charge is 2.36. The van der Waals surface area contributed by atoms with Crippen molar-refractivity contribution in [1.29, 1.82) is 0 Å². The van der Waals surface area contributed by atoms with Crippen molar-refractivity contribution in [2.45, 2.75) is 42.6 Å². The average Bonchev–Trinajstić information content (AvgIpc) is 2.88. The summed E-state index contributed by atoms with van der Waals surface area (Å²) in [6, 6.07) is 17.4. The second kappa shape index (κ2) is 9.00. The number of rotatable bonds is 5. The summed E-state index contributed by atoms with van der Waals surface area (Å²) in [4.78, 5) is 27.7. The van der Waals surface area contributed by atoms with Crippen LogP contribution in [0.3, 0.4) is 0 Å². The van der Waals surface area contributed by atoms with Gasteiger partial charge >= 0.3 is 0 Å². The largest absolute Gasteiger partial charge is 0.350 e. The fourth-order valence-corrected chi connectivity index (χ4v) is 5.44. The van der Waals surface area contributed by atoms with Crippen molar-refractivity contribution in [2.24, 2.45) is 0 Å². The number of sulfone groups is 1. The number of benzene rings is 3. The zero-order valence-electron chi connectivity index (χ0n) is 18.2. The summed E-state index contributed by atoms with van der Waals surface area (Å²) in [6.07, 6.45) is 0.752. The second-order valence-corrected chi connectivity index (χ2v) is 10.3. The van der Waals surface area contributed by atoms with Crippen LogP contribution < -0.4 is 10.2 Å². The SMILES string of the molecule is CCC(C)NC(=O)c1ccc2c(c1)N(Cc1ccc(Cl)cc1)C(=O)c1ccccc1S2(=O)=O. The number of halogens is 1. The molecule has 6 nitrogen and oxygen atoms in total. The van der Waals surface area contributed by atoms with Crippen molar-refractivity contribution >= 4 is 38.9 Å². The standard InChI is InChI=1S/C25H23ClN2O4S/c1-3-16(2)27-24(29)18-10-13-23-21(14-18)28(15-17-8-11-19(26)12-9-17)25(30)20-6-4-5-7-22(20)33(23,31)32/h4-14,16H,3,15H2,1-2H3,(H,27,29). The van der Waals surface area contributed by atoms with E-state index in [0.29, 0.717) is 5.02 Å². The van der Waals surface area contributed by atoms with Crippen LogP contribution >= 0.6 is 11.6 Å². The van der Waals surface area contributed by atoms with Gasteiger partial charge in [-0.3, -0.25) is 9.59 Å². The Morgan fingerprint density at radius 2 is 1.73 bits per heavy atom. The van der Waals surface area contributed by atoms with Gasteiger partial charge in [0.2, 0.25) is 9.84 Å². The molecule has 0 aromatic heterocycles. The zero-order valence-corrected chi connectivity index (χ0v) is 19.8. The number of anilines is 1. The van der Waals surface area contributed by atoms with E-state index in [1.54, 1.807) is 36.4 Å². The molecule has 0 aliphatic carbocycles. The molecule has 1 aliphatic heterocycles. The lowest BCUT2D eigenvalue weighted by atomic mass is 10.1. The summed E-state index contributed by atoms with van der Waals surface area (Å²) in [5, 5.41) is 3.44. The molecule has 8 heteroatoms. The van der Waals surface area contributed by atoms with Gasteiger partial charge in [-0.05, 0) is 61.4 Å². The number of carbonyl (C=O) groups is 2. The van der Waals surface area contributed by atoms with Crippen LogP contribution in [0.5, 0.6) is 0 Å². The smallest absolute Gasteiger partial charge is 0.259 e. The Morgan fingerprint density at radius 1 is 1.03 bits per heavy atom. The van der Waals surface area contributed by atoms with Gasteiger partial charge in [0.15, 0.2) is 0 Å². The average molecular weight is 483 g/mol. The third kappa shape index (κ3) is 4.38. The fraction of sp³-hybridized carbons (Fsp3) is 0.200. The Labute approximate surface area is 198 Å². The molecule has 170 valence electrons. The molecule has 1 atom stereocenters. The Hall–Kier alpha value is -3.16. The highest BCUT2D eigenvalue weighted by Crippen LogP contribution is 2.38. The Morgan fingerprint density at radius 3 is 2.42 bits per heavy atom. The van der Waals surface area contributed by atoms with Gasteiger partial charge < -0.3 is 10.2 Å². The topological polar surface area (TPSA) is 83.6 Å². The van der Waals surface area contributed by atoms with Gasteiger partial charge in [-0.25, -0.2) is 8.42 Å². The molecule has 0 bridgehead atoms. The van der Waals surface area contributed by atoms with Gasteiger partial charge in [0, 0.05) is 16.6 Å². The molecule has 2 amide bonds. The Balaban J connectivity index is 1.90. The molecular weight excluding hydrogens is 460 g/mol. The molecule has 3 aromatic rings. The summed E-state index contributed by atoms with van der Waals surface area (Å²) in [6.45, 7) is 3.96. The number of nitrogens with zero attached hydrogens (tertiary/aromatic N) is 1. The molecule has 1 aliphatic rings. The number of fused-ring (bicyclic) bond motifs is 2. The minimum Gasteiger partial charge on any atom is -0.350 e. The number of nitrogens with one attached hydrogen (secondary N) is 1. The van der Waals surface area contributed by atoms with E-state index in [9.17, 15) is 18.0 Å². The van der Waals surface area contributed by atoms with Gasteiger partial charge in [-0.15, -0.1) is 0 Å². The van der Waals surface area contributed by atoms with Crippen molar-refractivity contribution in [2.75, 3.05) is 4.90 Å². The first-order chi connectivity index (χ1) is 15.7. The van der Waals surface area contributed by atoms with E-state index < -0.39 is 15.7 Å². The van der Waals surface area contributed by atoms with Gasteiger partial charge in [0.25, 0.3) is 11.8 Å². The fourth-order valence-electron chi connectivity index (χ4n) is 3.69. The molecule has 1 heterocycles. The van der Waals surface area contributed by atoms with Gasteiger partial charge in [0.1, 0.15) is 0 Å². The van der Waals surface area contributed by atoms with Crippen LogP contribution in [0.2, 0.25) is 5.02 Å². The predicted octanol–water partition coefficient (Wildman–Crippen LogP) is 4.86. The monoisotopic (exact) mass is 482 g/mol. The number of carbonyl (C=O) groups excluding carboxylic acids is 2. The van der Waals surface area contributed by atoms with Gasteiger partial charge in [-0.1, -0.05) is 42.8 Å². The summed E-state index contributed by atoms with van der Waals surface area (Å²) >= 11 is 6.00. The maximum atomic E-state index is 13.6. The molecular formula is C25H23ClN2O4S. The second-order valence-electron chi connectivity index (χ2n) is 7.98. The van der Waals surface area contributed by atoms with Crippen LogP contribution in [-0.4, -0.2) is 26.3 Å². The molecule has 0 saturated heterocycles. The molecule has 0 saturated carbocycles. The summed E-state index contributed by atoms with van der Waals surface area (Å²) < 4.78 is 27.0. The predicted molar refractivity (Wildman–Crippen MR) is 128 cm³/mol. The first kappa shape index (κ1) is 23.0. The third-order valence-corrected chi connectivity index (χ3v) is 7.81. The molecule has 0 fully saturated rings. The normalized spacial score (nSPS) is 15.2. The maximum absolute atomic E-state index is 13.6. The first-order valence-electron chi connectivity index (χ1n) is 10.6. The number of hydrogen-bond donors (Lipinski definition) is 1. The lowest BCUT2D eigenvalue weighted by Gasteiger charge is -2.24. The van der Waals surface area contributed by atoms with Crippen molar-refractivity contribution < 1.29 is 18.0 Å². The first-order valence-corrected chi connectivity index (χ1v) is 12.4. The van der Waals surface area contributed by atoms with Crippen molar-refractivity contribution in [3.8, 4) is 0 Å². The van der Waals surface area contributed by atoms with Crippen LogP contribution in [0.15, 0.2) is 76.5 Å². The summed E-state index contributed by atoms with van der Waals surface area (Å²) in [5.74, 6) is -0.785. The van der Waals surface area contributed by atoms with E-state index in [4.69, 9.17) is 11.6 Å². The van der Waals surface area contributed by atoms with Crippen molar-refractivity contribution in [3.05, 3.63) is 88.4 Å². The van der Waals surface area contributed by atoms with Crippen LogP contribution in [0.1, 0.15) is 46.5 Å². The van der Waals surface area contributed by atoms with E-state index in [0.717, 1.165) is 12.0 Å². The summed E-state index contributed by atoms with van der Waals surface area (Å²) in [7, 11) is -3.99. The molecule has 4 rings (SSSR count). The van der Waals surface area contributed by atoms with Gasteiger partial charge in [-0.2, -0.15) is 0 Å². The highest BCUT2D eigenvalue weighted by atomic mass is 35.5. The zero-order chi connectivity index (χ0) is 23.8. The number of hydrogen-bond acceptors (Lipinski definition) is 4. The third-order valence-electron chi connectivity index (χ3n) is 5.70. The van der Waals surface area contributed by atoms with Crippen molar-refractivity contribution in [1.82, 2.24) is 5.32 Å². The molecule has 3 aromatic carbocycles. The maximum Gasteiger partial charge on any atom is 0.259 e. The van der Waals surface area contributed by atoms with Crippen LogP contribution in [0.4, 0.5) is 5.69 Å². The minimum atomic E-state index is -3.99. The summed E-state index contributed by atoms with van der Waals surface area (Å²) in [5.41, 5.74) is 1.31. The van der Waals surface area contributed by atoms with E-state index in [2.05, 4.69) is 5.32 Å². The minimum absolute atomic E-state index is 0.0187. The van der Waals surface area contributed by atoms with E-state index >= 15 is 0 Å². The van der Waals surface area contributed by atoms with Crippen LogP contribution in [0.25, 0.3) is 0 Å².